The minimum Gasteiger partial charge on any atom is -0.353 e. The number of halogens is 1. The summed E-state index contributed by atoms with van der Waals surface area (Å²) in [6, 6.07) is 0.369. The van der Waals surface area contributed by atoms with Gasteiger partial charge in [0.15, 0.2) is 0 Å². The third kappa shape index (κ3) is 1.57. The second-order valence-corrected chi connectivity index (χ2v) is 7.28. The molecule has 0 aromatic rings. The Kier molecular flexibility index (Phi) is 2.65. The third-order valence-electron chi connectivity index (χ3n) is 6.22. The molecule has 4 aliphatic carbocycles. The topological polar surface area (TPSA) is 29.1 Å². The lowest BCUT2D eigenvalue weighted by Crippen LogP contribution is -2.39. The van der Waals surface area contributed by atoms with E-state index in [9.17, 15) is 4.79 Å². The van der Waals surface area contributed by atoms with Gasteiger partial charge in [-0.05, 0) is 61.7 Å². The molecule has 0 spiro atoms. The fourth-order valence-corrected chi connectivity index (χ4v) is 5.74. The number of fused-ring (bicyclic) bond motifs is 5. The molecule has 4 aliphatic rings. The van der Waals surface area contributed by atoms with E-state index in [-0.39, 0.29) is 0 Å². The van der Waals surface area contributed by atoms with Crippen molar-refractivity contribution in [2.24, 2.45) is 35.5 Å². The van der Waals surface area contributed by atoms with Crippen LogP contribution in [0.4, 0.5) is 0 Å². The van der Waals surface area contributed by atoms with Gasteiger partial charge in [0.1, 0.15) is 0 Å². The van der Waals surface area contributed by atoms with Gasteiger partial charge in [0.2, 0.25) is 5.91 Å². The van der Waals surface area contributed by atoms with E-state index in [1.54, 1.807) is 0 Å². The van der Waals surface area contributed by atoms with E-state index in [0.717, 1.165) is 30.1 Å². The summed E-state index contributed by atoms with van der Waals surface area (Å²) in [5.74, 6) is 5.28. The van der Waals surface area contributed by atoms with E-state index >= 15 is 0 Å². The van der Waals surface area contributed by atoms with Crippen LogP contribution in [0.3, 0.4) is 0 Å². The predicted octanol–water partition coefficient (Wildman–Crippen LogP) is 2.80. The first-order chi connectivity index (χ1) is 8.79. The summed E-state index contributed by atoms with van der Waals surface area (Å²) in [5, 5.41) is 3.32. The van der Waals surface area contributed by atoms with E-state index < -0.39 is 0 Å². The number of nitrogens with one attached hydrogen (secondary N) is 1. The van der Waals surface area contributed by atoms with Crippen molar-refractivity contribution >= 4 is 17.5 Å². The molecule has 0 heterocycles. The van der Waals surface area contributed by atoms with Crippen LogP contribution < -0.4 is 5.32 Å². The maximum atomic E-state index is 12.4. The van der Waals surface area contributed by atoms with E-state index in [2.05, 4.69) is 5.32 Å². The van der Waals surface area contributed by atoms with Crippen molar-refractivity contribution in [3.8, 4) is 0 Å². The van der Waals surface area contributed by atoms with Crippen LogP contribution in [0.2, 0.25) is 0 Å². The predicted molar refractivity (Wildman–Crippen MR) is 71.3 cm³/mol. The van der Waals surface area contributed by atoms with Gasteiger partial charge in [-0.2, -0.15) is 0 Å². The molecule has 1 amide bonds. The molecule has 18 heavy (non-hydrogen) atoms. The monoisotopic (exact) mass is 267 g/mol. The van der Waals surface area contributed by atoms with Crippen molar-refractivity contribution in [2.75, 3.05) is 5.88 Å². The first kappa shape index (κ1) is 11.6. The summed E-state index contributed by atoms with van der Waals surface area (Å²) in [6.07, 6.45) is 7.76. The van der Waals surface area contributed by atoms with Gasteiger partial charge < -0.3 is 5.32 Å². The quantitative estimate of drug-likeness (QED) is 0.783. The number of carbonyl (C=O) groups excluding carboxylic acids is 1. The minimum absolute atomic E-state index is 0.364. The number of carbonyl (C=O) groups is 1. The van der Waals surface area contributed by atoms with Gasteiger partial charge in [-0.15, -0.1) is 11.6 Å². The average Bonchev–Trinajstić information content (AvgIpc) is 2.73. The first-order valence-corrected chi connectivity index (χ1v) is 8.19. The molecule has 0 aromatic heterocycles. The van der Waals surface area contributed by atoms with Gasteiger partial charge in [0.05, 0.1) is 0 Å². The van der Waals surface area contributed by atoms with Crippen molar-refractivity contribution < 1.29 is 4.79 Å². The van der Waals surface area contributed by atoms with Crippen LogP contribution in [0, 0.1) is 35.5 Å². The number of alkyl halides is 1. The highest BCUT2D eigenvalue weighted by Gasteiger charge is 2.67. The zero-order valence-electron chi connectivity index (χ0n) is 10.8. The maximum Gasteiger partial charge on any atom is 0.223 e. The maximum absolute atomic E-state index is 12.4. The molecule has 2 nitrogen and oxygen atoms in total. The molecule has 100 valence electrons. The molecule has 0 radical (unpaired) electrons. The van der Waals surface area contributed by atoms with Gasteiger partial charge in [-0.25, -0.2) is 0 Å². The highest BCUT2D eigenvalue weighted by Crippen LogP contribution is 2.69. The highest BCUT2D eigenvalue weighted by molar-refractivity contribution is 6.18. The Morgan fingerprint density at radius 2 is 1.83 bits per heavy atom. The summed E-state index contributed by atoms with van der Waals surface area (Å²) in [5.41, 5.74) is 0. The number of amides is 1. The lowest BCUT2D eigenvalue weighted by atomic mass is 10.0. The fourth-order valence-electron chi connectivity index (χ4n) is 5.37. The Bertz CT molecular complexity index is 356. The minimum atomic E-state index is 0.364. The number of hydrogen-bond donors (Lipinski definition) is 1. The van der Waals surface area contributed by atoms with Gasteiger partial charge in [-0.1, -0.05) is 6.42 Å². The van der Waals surface area contributed by atoms with E-state index in [1.807, 2.05) is 0 Å². The number of rotatable bonds is 3. The molecule has 6 unspecified atom stereocenters. The Balaban J connectivity index is 1.38. The molecule has 4 rings (SSSR count). The Morgan fingerprint density at radius 1 is 1.11 bits per heavy atom. The highest BCUT2D eigenvalue weighted by atomic mass is 35.5. The van der Waals surface area contributed by atoms with Crippen LogP contribution >= 0.6 is 11.6 Å². The zero-order chi connectivity index (χ0) is 12.3. The molecular formula is C15H22ClNO. The lowest BCUT2D eigenvalue weighted by molar-refractivity contribution is -0.124. The van der Waals surface area contributed by atoms with Crippen LogP contribution in [0.5, 0.6) is 0 Å². The smallest absolute Gasteiger partial charge is 0.223 e. The summed E-state index contributed by atoms with van der Waals surface area (Å²) in [4.78, 5) is 12.4. The summed E-state index contributed by atoms with van der Waals surface area (Å²) >= 11 is 5.98. The molecular weight excluding hydrogens is 246 g/mol. The van der Waals surface area contributed by atoms with Crippen LogP contribution in [-0.4, -0.2) is 17.8 Å². The van der Waals surface area contributed by atoms with Crippen molar-refractivity contribution in [2.45, 2.75) is 44.6 Å². The van der Waals surface area contributed by atoms with Gasteiger partial charge in [-0.3, -0.25) is 4.79 Å². The van der Waals surface area contributed by atoms with Gasteiger partial charge in [0.25, 0.3) is 0 Å². The Morgan fingerprint density at radius 3 is 2.50 bits per heavy atom. The van der Waals surface area contributed by atoms with Crippen LogP contribution in [-0.2, 0) is 4.79 Å². The van der Waals surface area contributed by atoms with Crippen molar-refractivity contribution in [1.82, 2.24) is 5.32 Å². The van der Waals surface area contributed by atoms with E-state index in [1.165, 1.54) is 32.1 Å². The molecule has 0 saturated heterocycles. The Hall–Kier alpha value is -0.240. The zero-order valence-corrected chi connectivity index (χ0v) is 11.5. The summed E-state index contributed by atoms with van der Waals surface area (Å²) in [7, 11) is 0. The molecule has 6 atom stereocenters. The largest absolute Gasteiger partial charge is 0.353 e. The van der Waals surface area contributed by atoms with Crippen LogP contribution in [0.1, 0.15) is 38.5 Å². The molecule has 2 bridgehead atoms. The lowest BCUT2D eigenvalue weighted by Gasteiger charge is -2.20. The molecule has 3 heteroatoms. The second-order valence-electron chi connectivity index (χ2n) is 6.97. The van der Waals surface area contributed by atoms with E-state index in [4.69, 9.17) is 11.6 Å². The van der Waals surface area contributed by atoms with Gasteiger partial charge >= 0.3 is 0 Å². The molecule has 1 N–H and O–H groups in total. The number of hydrogen-bond acceptors (Lipinski definition) is 1. The average molecular weight is 268 g/mol. The Labute approximate surface area is 114 Å². The second kappa shape index (κ2) is 4.13. The SMILES string of the molecule is O=C(NC1CCCC1CCl)C1C2C3CCC(C3)C12. The fraction of sp³-hybridized carbons (Fsp3) is 0.933. The molecule has 0 aliphatic heterocycles. The normalized spacial score (nSPS) is 52.4. The molecule has 4 saturated carbocycles. The van der Waals surface area contributed by atoms with Crippen molar-refractivity contribution in [3.05, 3.63) is 0 Å². The van der Waals surface area contributed by atoms with Crippen molar-refractivity contribution in [3.63, 3.8) is 0 Å². The van der Waals surface area contributed by atoms with Crippen LogP contribution in [0.15, 0.2) is 0 Å². The molecule has 0 aromatic carbocycles. The molecule has 4 fully saturated rings. The first-order valence-electron chi connectivity index (χ1n) is 7.66. The standard InChI is InChI=1S/C15H22ClNO/c16-7-10-2-1-3-11(10)17-15(18)14-12-8-4-5-9(6-8)13(12)14/h8-14H,1-7H2,(H,17,18). The van der Waals surface area contributed by atoms with E-state index in [0.29, 0.717) is 29.7 Å². The summed E-state index contributed by atoms with van der Waals surface area (Å²) in [6.45, 7) is 0. The van der Waals surface area contributed by atoms with Crippen LogP contribution in [0.25, 0.3) is 0 Å². The van der Waals surface area contributed by atoms with Crippen molar-refractivity contribution in [1.29, 1.82) is 0 Å². The van der Waals surface area contributed by atoms with Gasteiger partial charge in [0, 0.05) is 17.8 Å². The third-order valence-corrected chi connectivity index (χ3v) is 6.62. The summed E-state index contributed by atoms with van der Waals surface area (Å²) < 4.78 is 0.